The minimum absolute atomic E-state index is 0.102. The molecule has 1 atom stereocenters. The summed E-state index contributed by atoms with van der Waals surface area (Å²) in [6, 6.07) is 5.43. The summed E-state index contributed by atoms with van der Waals surface area (Å²) in [4.78, 5) is 19.6. The lowest BCUT2D eigenvalue weighted by Gasteiger charge is -2.23. The van der Waals surface area contributed by atoms with Crippen LogP contribution in [0.25, 0.3) is 0 Å². The summed E-state index contributed by atoms with van der Waals surface area (Å²) >= 11 is 12.0. The van der Waals surface area contributed by atoms with Gasteiger partial charge in [0.2, 0.25) is 5.91 Å². The molecule has 1 aromatic rings. The Kier molecular flexibility index (Phi) is 5.12. The van der Waals surface area contributed by atoms with Crippen molar-refractivity contribution in [3.05, 3.63) is 33.8 Å². The molecule has 0 unspecified atom stereocenters. The molecule has 1 fully saturated rings. The molecule has 1 heterocycles. The second kappa shape index (κ2) is 7.10. The van der Waals surface area contributed by atoms with Gasteiger partial charge in [0.1, 0.15) is 0 Å². The normalized spacial score (nSPS) is 21.2. The predicted molar refractivity (Wildman–Crippen MR) is 92.1 cm³/mol. The van der Waals surface area contributed by atoms with E-state index in [1.165, 1.54) is 0 Å². The molecule has 2 aliphatic rings. The van der Waals surface area contributed by atoms with E-state index < -0.39 is 0 Å². The summed E-state index contributed by atoms with van der Waals surface area (Å²) in [6.07, 6.45) is 4.92. The van der Waals surface area contributed by atoms with Crippen molar-refractivity contribution < 1.29 is 9.63 Å². The number of hydrogen-bond donors (Lipinski definition) is 0. The Balaban J connectivity index is 1.56. The zero-order valence-corrected chi connectivity index (χ0v) is 14.6. The third kappa shape index (κ3) is 3.81. The van der Waals surface area contributed by atoms with Crippen LogP contribution in [0.4, 0.5) is 0 Å². The number of likely N-dealkylation sites (N-methyl/N-ethyl adjacent to an activating group) is 1. The molecular weight excluding hydrogens is 335 g/mol. The van der Waals surface area contributed by atoms with E-state index in [0.717, 1.165) is 37.0 Å². The first-order valence-electron chi connectivity index (χ1n) is 7.97. The number of hydrogen-bond acceptors (Lipinski definition) is 3. The van der Waals surface area contributed by atoms with Gasteiger partial charge < -0.3 is 9.74 Å². The van der Waals surface area contributed by atoms with Crippen molar-refractivity contribution in [1.82, 2.24) is 4.90 Å². The molecule has 6 heteroatoms. The average Bonchev–Trinajstić information content (AvgIpc) is 3.20. The van der Waals surface area contributed by atoms with Crippen LogP contribution in [0, 0.1) is 5.92 Å². The van der Waals surface area contributed by atoms with Crippen molar-refractivity contribution in [3.8, 4) is 0 Å². The lowest BCUT2D eigenvalue weighted by atomic mass is 10.0. The predicted octanol–water partition coefficient (Wildman–Crippen LogP) is 4.14. The number of benzene rings is 1. The topological polar surface area (TPSA) is 41.9 Å². The van der Waals surface area contributed by atoms with Gasteiger partial charge in [-0.1, -0.05) is 47.3 Å². The highest BCUT2D eigenvalue weighted by molar-refractivity contribution is 6.42. The molecule has 23 heavy (non-hydrogen) atoms. The van der Waals surface area contributed by atoms with Crippen molar-refractivity contribution in [3.63, 3.8) is 0 Å². The van der Waals surface area contributed by atoms with Gasteiger partial charge in [0.05, 0.1) is 22.3 Å². The minimum Gasteiger partial charge on any atom is -0.390 e. The maximum absolute atomic E-state index is 12.4. The van der Waals surface area contributed by atoms with Gasteiger partial charge in [0, 0.05) is 24.9 Å². The van der Waals surface area contributed by atoms with Gasteiger partial charge in [0.15, 0.2) is 6.10 Å². The van der Waals surface area contributed by atoms with E-state index in [0.29, 0.717) is 23.0 Å². The molecule has 1 aromatic carbocycles. The van der Waals surface area contributed by atoms with Crippen LogP contribution in [0.1, 0.15) is 37.7 Å². The molecule has 3 rings (SSSR count). The zero-order chi connectivity index (χ0) is 16.4. The summed E-state index contributed by atoms with van der Waals surface area (Å²) < 4.78 is 0. The summed E-state index contributed by atoms with van der Waals surface area (Å²) in [6.45, 7) is 0.559. The Morgan fingerprint density at radius 2 is 2.04 bits per heavy atom. The fourth-order valence-electron chi connectivity index (χ4n) is 3.25. The molecule has 0 spiro atoms. The largest absolute Gasteiger partial charge is 0.390 e. The Hall–Kier alpha value is -1.26. The minimum atomic E-state index is -0.102. The summed E-state index contributed by atoms with van der Waals surface area (Å²) in [5.41, 5.74) is 1.75. The van der Waals surface area contributed by atoms with Gasteiger partial charge in [-0.05, 0) is 25.0 Å². The molecule has 1 aliphatic heterocycles. The van der Waals surface area contributed by atoms with E-state index in [1.54, 1.807) is 17.0 Å². The Bertz CT molecular complexity index is 627. The lowest BCUT2D eigenvalue weighted by Crippen LogP contribution is -2.37. The van der Waals surface area contributed by atoms with E-state index in [4.69, 9.17) is 28.0 Å². The van der Waals surface area contributed by atoms with Gasteiger partial charge >= 0.3 is 0 Å². The lowest BCUT2D eigenvalue weighted by molar-refractivity contribution is -0.135. The molecular formula is C17H20Cl2N2O2. The Morgan fingerprint density at radius 3 is 2.74 bits per heavy atom. The van der Waals surface area contributed by atoms with Crippen molar-refractivity contribution in [2.45, 2.75) is 38.2 Å². The summed E-state index contributed by atoms with van der Waals surface area (Å²) in [7, 11) is 1.85. The number of oxime groups is 1. The molecule has 1 amide bonds. The van der Waals surface area contributed by atoms with Gasteiger partial charge in [0.25, 0.3) is 0 Å². The van der Waals surface area contributed by atoms with Crippen molar-refractivity contribution in [2.24, 2.45) is 11.1 Å². The number of rotatable bonds is 4. The van der Waals surface area contributed by atoms with Crippen LogP contribution in [0.3, 0.4) is 0 Å². The van der Waals surface area contributed by atoms with Crippen LogP contribution >= 0.6 is 23.2 Å². The van der Waals surface area contributed by atoms with Crippen molar-refractivity contribution >= 4 is 34.8 Å². The van der Waals surface area contributed by atoms with E-state index in [9.17, 15) is 4.79 Å². The molecule has 0 radical (unpaired) electrons. The van der Waals surface area contributed by atoms with E-state index in [-0.39, 0.29) is 17.9 Å². The maximum atomic E-state index is 12.4. The van der Waals surface area contributed by atoms with Gasteiger partial charge in [-0.25, -0.2) is 0 Å². The van der Waals surface area contributed by atoms with Crippen LogP contribution in [-0.4, -0.2) is 36.2 Å². The van der Waals surface area contributed by atoms with Crippen molar-refractivity contribution in [1.29, 1.82) is 0 Å². The van der Waals surface area contributed by atoms with E-state index in [2.05, 4.69) is 5.16 Å². The highest BCUT2D eigenvalue weighted by atomic mass is 35.5. The third-order valence-corrected chi connectivity index (χ3v) is 5.28. The molecule has 0 bridgehead atoms. The number of amides is 1. The number of carbonyl (C=O) groups is 1. The molecule has 0 N–H and O–H groups in total. The highest BCUT2D eigenvalue weighted by Crippen LogP contribution is 2.28. The van der Waals surface area contributed by atoms with Gasteiger partial charge in [-0.2, -0.15) is 0 Å². The molecule has 124 valence electrons. The zero-order valence-electron chi connectivity index (χ0n) is 13.1. The Labute approximate surface area is 146 Å². The first kappa shape index (κ1) is 16.6. The van der Waals surface area contributed by atoms with E-state index in [1.807, 2.05) is 13.1 Å². The first-order valence-corrected chi connectivity index (χ1v) is 8.73. The molecule has 1 saturated carbocycles. The summed E-state index contributed by atoms with van der Waals surface area (Å²) in [5.74, 6) is 0.422. The van der Waals surface area contributed by atoms with Crippen LogP contribution in [0.2, 0.25) is 10.0 Å². The van der Waals surface area contributed by atoms with Gasteiger partial charge in [-0.15, -0.1) is 0 Å². The number of halogens is 2. The smallest absolute Gasteiger partial charge is 0.225 e. The standard InChI is InChI=1S/C17H20Cl2N2O2/c1-21(17(22)11-4-2-3-5-11)10-13-9-16(20-23-13)12-6-7-14(18)15(19)8-12/h6-8,11,13H,2-5,9-10H2,1H3/t13-/m1/s1. The monoisotopic (exact) mass is 354 g/mol. The first-order chi connectivity index (χ1) is 11.0. The summed E-state index contributed by atoms with van der Waals surface area (Å²) in [5, 5.41) is 5.17. The van der Waals surface area contributed by atoms with Crippen LogP contribution in [0.15, 0.2) is 23.4 Å². The SMILES string of the molecule is CN(C[C@H]1CC(c2ccc(Cl)c(Cl)c2)=NO1)C(=O)C1CCCC1. The highest BCUT2D eigenvalue weighted by Gasteiger charge is 2.29. The average molecular weight is 355 g/mol. The molecule has 1 aliphatic carbocycles. The molecule has 0 saturated heterocycles. The second-order valence-electron chi connectivity index (χ2n) is 6.30. The van der Waals surface area contributed by atoms with E-state index >= 15 is 0 Å². The van der Waals surface area contributed by atoms with Crippen LogP contribution in [-0.2, 0) is 9.63 Å². The van der Waals surface area contributed by atoms with Crippen LogP contribution in [0.5, 0.6) is 0 Å². The quantitative estimate of drug-likeness (QED) is 0.815. The number of carbonyl (C=O) groups excluding carboxylic acids is 1. The Morgan fingerprint density at radius 1 is 1.30 bits per heavy atom. The second-order valence-corrected chi connectivity index (χ2v) is 7.11. The fourth-order valence-corrected chi connectivity index (χ4v) is 3.55. The third-order valence-electron chi connectivity index (χ3n) is 4.54. The van der Waals surface area contributed by atoms with Crippen molar-refractivity contribution in [2.75, 3.05) is 13.6 Å². The number of nitrogens with zero attached hydrogens (tertiary/aromatic N) is 2. The van der Waals surface area contributed by atoms with Crippen LogP contribution < -0.4 is 0 Å². The fraction of sp³-hybridized carbons (Fsp3) is 0.529. The maximum Gasteiger partial charge on any atom is 0.225 e. The molecule has 0 aromatic heterocycles. The van der Waals surface area contributed by atoms with Gasteiger partial charge in [-0.3, -0.25) is 4.79 Å². The molecule has 4 nitrogen and oxygen atoms in total.